The fourth-order valence-corrected chi connectivity index (χ4v) is 2.14. The number of nitrogens with zero attached hydrogens (tertiary/aromatic N) is 2. The summed E-state index contributed by atoms with van der Waals surface area (Å²) in [5.41, 5.74) is 1.17. The minimum absolute atomic E-state index is 0.0284. The molecule has 0 unspecified atom stereocenters. The Morgan fingerprint density at radius 2 is 2.27 bits per heavy atom. The highest BCUT2D eigenvalue weighted by molar-refractivity contribution is 8.17. The molecule has 0 aliphatic carbocycles. The van der Waals surface area contributed by atoms with Crippen LogP contribution in [0, 0.1) is 0 Å². The zero-order chi connectivity index (χ0) is 8.01. The Kier molecular flexibility index (Phi) is 1.32. The monoisotopic (exact) mass is 168 g/mol. The lowest BCUT2D eigenvalue weighted by atomic mass is 10.4. The van der Waals surface area contributed by atoms with Crippen LogP contribution in [0.1, 0.15) is 13.8 Å². The van der Waals surface area contributed by atoms with Crippen LogP contribution in [0.4, 0.5) is 0 Å². The van der Waals surface area contributed by atoms with Crippen LogP contribution in [0.3, 0.4) is 0 Å². The minimum Gasteiger partial charge on any atom is -0.314 e. The third kappa shape index (κ3) is 0.894. The molecule has 2 aliphatic rings. The summed E-state index contributed by atoms with van der Waals surface area (Å²) in [6.45, 7) is 4.50. The number of thioether (sulfide) groups is 1. The Balaban J connectivity index is 2.35. The molecule has 0 saturated heterocycles. The molecular formula is C7H8N2OS. The number of allylic oxidation sites excluding steroid dienone is 2. The molecule has 0 bridgehead atoms. The van der Waals surface area contributed by atoms with Gasteiger partial charge < -0.3 is 4.90 Å². The van der Waals surface area contributed by atoms with Crippen molar-refractivity contribution in [3.8, 4) is 0 Å². The van der Waals surface area contributed by atoms with Gasteiger partial charge in [0.05, 0.1) is 0 Å². The van der Waals surface area contributed by atoms with Gasteiger partial charge in [-0.05, 0) is 13.8 Å². The molecule has 4 heteroatoms. The van der Waals surface area contributed by atoms with Gasteiger partial charge >= 0.3 is 0 Å². The second kappa shape index (κ2) is 2.11. The summed E-state index contributed by atoms with van der Waals surface area (Å²) in [5.74, 6) is -0.0284. The highest BCUT2D eigenvalue weighted by Gasteiger charge is 2.31. The van der Waals surface area contributed by atoms with Crippen LogP contribution in [0.15, 0.2) is 15.6 Å². The van der Waals surface area contributed by atoms with Crippen molar-refractivity contribution in [1.29, 1.82) is 0 Å². The van der Waals surface area contributed by atoms with Gasteiger partial charge in [-0.3, -0.25) is 4.79 Å². The number of amidine groups is 1. The zero-order valence-corrected chi connectivity index (χ0v) is 7.23. The van der Waals surface area contributed by atoms with E-state index in [-0.39, 0.29) is 5.91 Å². The minimum atomic E-state index is -0.0284. The Hall–Kier alpha value is -0.770. The van der Waals surface area contributed by atoms with Crippen LogP contribution in [0.5, 0.6) is 0 Å². The summed E-state index contributed by atoms with van der Waals surface area (Å²) in [4.78, 5) is 17.9. The lowest BCUT2D eigenvalue weighted by Gasteiger charge is -2.10. The Morgan fingerprint density at radius 1 is 1.55 bits per heavy atom. The van der Waals surface area contributed by atoms with Crippen molar-refractivity contribution in [2.75, 3.05) is 6.54 Å². The first-order chi connectivity index (χ1) is 5.18. The first-order valence-corrected chi connectivity index (χ1v) is 4.24. The molecule has 0 aromatic rings. The number of hydrogen-bond donors (Lipinski definition) is 0. The van der Waals surface area contributed by atoms with E-state index in [0.29, 0.717) is 6.54 Å². The smallest absolute Gasteiger partial charge is 0.268 e. The normalized spacial score (nSPS) is 22.9. The Labute approximate surface area is 69.2 Å². The summed E-state index contributed by atoms with van der Waals surface area (Å²) < 4.78 is 0. The summed E-state index contributed by atoms with van der Waals surface area (Å²) in [6, 6.07) is 0. The SMILES string of the molecule is CC1=C(C)N2CC(=O)N=C2S1. The van der Waals surface area contributed by atoms with Gasteiger partial charge in [-0.1, -0.05) is 11.8 Å². The molecule has 3 nitrogen and oxygen atoms in total. The highest BCUT2D eigenvalue weighted by Crippen LogP contribution is 2.35. The predicted octanol–water partition coefficient (Wildman–Crippen LogP) is 1.18. The maximum Gasteiger partial charge on any atom is 0.268 e. The first-order valence-electron chi connectivity index (χ1n) is 3.43. The molecular weight excluding hydrogens is 160 g/mol. The van der Waals surface area contributed by atoms with Crippen molar-refractivity contribution in [2.24, 2.45) is 4.99 Å². The Morgan fingerprint density at radius 3 is 2.91 bits per heavy atom. The standard InChI is InChI=1S/C7H8N2OS/c1-4-5(2)11-7-8-6(10)3-9(4)7/h3H2,1-2H3. The first kappa shape index (κ1) is 6.91. The van der Waals surface area contributed by atoms with Crippen LogP contribution in [-0.2, 0) is 4.79 Å². The van der Waals surface area contributed by atoms with Gasteiger partial charge in [-0.25, -0.2) is 0 Å². The largest absolute Gasteiger partial charge is 0.314 e. The van der Waals surface area contributed by atoms with Crippen LogP contribution < -0.4 is 0 Å². The molecule has 11 heavy (non-hydrogen) atoms. The lowest BCUT2D eigenvalue weighted by Crippen LogP contribution is -2.20. The van der Waals surface area contributed by atoms with Crippen LogP contribution in [0.25, 0.3) is 0 Å². The van der Waals surface area contributed by atoms with Gasteiger partial charge in [-0.15, -0.1) is 0 Å². The molecule has 0 atom stereocenters. The van der Waals surface area contributed by atoms with Gasteiger partial charge in [0.25, 0.3) is 5.91 Å². The highest BCUT2D eigenvalue weighted by atomic mass is 32.2. The van der Waals surface area contributed by atoms with Gasteiger partial charge in [0.15, 0.2) is 5.17 Å². The van der Waals surface area contributed by atoms with E-state index in [9.17, 15) is 4.79 Å². The van der Waals surface area contributed by atoms with E-state index in [4.69, 9.17) is 0 Å². The van der Waals surface area contributed by atoms with Gasteiger partial charge in [0.2, 0.25) is 0 Å². The van der Waals surface area contributed by atoms with Crippen molar-refractivity contribution < 1.29 is 4.79 Å². The van der Waals surface area contributed by atoms with Crippen LogP contribution >= 0.6 is 11.8 Å². The molecule has 2 heterocycles. The van der Waals surface area contributed by atoms with Crippen molar-refractivity contribution in [1.82, 2.24) is 4.90 Å². The van der Waals surface area contributed by atoms with Gasteiger partial charge in [0.1, 0.15) is 6.54 Å². The van der Waals surface area contributed by atoms with Gasteiger partial charge in [0, 0.05) is 10.6 Å². The number of carbonyl (C=O) groups is 1. The van der Waals surface area contributed by atoms with Crippen molar-refractivity contribution >= 4 is 22.8 Å². The van der Waals surface area contributed by atoms with Crippen LogP contribution in [0.2, 0.25) is 0 Å². The molecule has 58 valence electrons. The molecule has 0 N–H and O–H groups in total. The molecule has 1 amide bonds. The zero-order valence-electron chi connectivity index (χ0n) is 6.42. The molecule has 2 rings (SSSR count). The van der Waals surface area contributed by atoms with E-state index in [2.05, 4.69) is 4.99 Å². The van der Waals surface area contributed by atoms with Crippen molar-refractivity contribution in [3.63, 3.8) is 0 Å². The van der Waals surface area contributed by atoms with Crippen LogP contribution in [-0.4, -0.2) is 22.5 Å². The molecule has 0 radical (unpaired) electrons. The van der Waals surface area contributed by atoms with E-state index >= 15 is 0 Å². The second-order valence-corrected chi connectivity index (χ2v) is 3.80. The van der Waals surface area contributed by atoms with Gasteiger partial charge in [-0.2, -0.15) is 4.99 Å². The number of carbonyl (C=O) groups excluding carboxylic acids is 1. The fourth-order valence-electron chi connectivity index (χ4n) is 1.15. The summed E-state index contributed by atoms with van der Waals surface area (Å²) in [6.07, 6.45) is 0. The molecule has 0 saturated carbocycles. The third-order valence-electron chi connectivity index (χ3n) is 1.90. The molecule has 0 fully saturated rings. The maximum absolute atomic E-state index is 10.8. The second-order valence-electron chi connectivity index (χ2n) is 2.62. The third-order valence-corrected chi connectivity index (χ3v) is 3.00. The molecule has 0 aromatic heterocycles. The summed E-state index contributed by atoms with van der Waals surface area (Å²) in [5, 5.41) is 0.852. The van der Waals surface area contributed by atoms with Crippen molar-refractivity contribution in [3.05, 3.63) is 10.6 Å². The van der Waals surface area contributed by atoms with E-state index in [1.807, 2.05) is 18.7 Å². The maximum atomic E-state index is 10.8. The van der Waals surface area contributed by atoms with E-state index < -0.39 is 0 Å². The van der Waals surface area contributed by atoms with E-state index in [1.165, 1.54) is 10.6 Å². The van der Waals surface area contributed by atoms with E-state index in [1.54, 1.807) is 11.8 Å². The van der Waals surface area contributed by atoms with Crippen molar-refractivity contribution in [2.45, 2.75) is 13.8 Å². The van der Waals surface area contributed by atoms with E-state index in [0.717, 1.165) is 5.17 Å². The average molecular weight is 168 g/mol. The predicted molar refractivity (Wildman–Crippen MR) is 45.1 cm³/mol. The number of rotatable bonds is 0. The Bertz CT molecular complexity index is 293. The number of fused-ring (bicyclic) bond motifs is 1. The topological polar surface area (TPSA) is 32.7 Å². The number of hydrogen-bond acceptors (Lipinski definition) is 3. The number of amides is 1. The molecule has 0 spiro atoms. The lowest BCUT2D eigenvalue weighted by molar-refractivity contribution is -0.116. The summed E-state index contributed by atoms with van der Waals surface area (Å²) >= 11 is 1.58. The molecule has 0 aromatic carbocycles. The average Bonchev–Trinajstić information content (AvgIpc) is 2.37. The quantitative estimate of drug-likeness (QED) is 0.544. The molecule has 2 aliphatic heterocycles. The number of aliphatic imine (C=N–C) groups is 1. The summed E-state index contributed by atoms with van der Waals surface area (Å²) in [7, 11) is 0. The fraction of sp³-hybridized carbons (Fsp3) is 0.429.